The van der Waals surface area contributed by atoms with Crippen molar-refractivity contribution in [1.29, 1.82) is 0 Å². The van der Waals surface area contributed by atoms with Gasteiger partial charge in [-0.2, -0.15) is 0 Å². The number of aryl methyl sites for hydroxylation is 2. The number of rotatable bonds is 4. The van der Waals surface area contributed by atoms with E-state index < -0.39 is 0 Å². The van der Waals surface area contributed by atoms with Crippen LogP contribution in [0.2, 0.25) is 0 Å². The highest BCUT2D eigenvalue weighted by Gasteiger charge is 2.06. The molecule has 3 nitrogen and oxygen atoms in total. The normalized spacial score (nSPS) is 10.2. The van der Waals surface area contributed by atoms with Gasteiger partial charge in [-0.05, 0) is 71.8 Å². The number of hydrogen-bond acceptors (Lipinski definition) is 2. The average molecular weight is 381 g/mol. The SMILES string of the molecule is Cc1ccc(C)c(NC(=O)COc2cccc(I)c2)c1. The smallest absolute Gasteiger partial charge is 0.262 e. The largest absolute Gasteiger partial charge is 0.484 e. The van der Waals surface area contributed by atoms with Gasteiger partial charge in [-0.3, -0.25) is 4.79 Å². The molecule has 1 amide bonds. The van der Waals surface area contributed by atoms with Crippen LogP contribution in [0.25, 0.3) is 0 Å². The lowest BCUT2D eigenvalue weighted by atomic mass is 10.1. The van der Waals surface area contributed by atoms with Crippen molar-refractivity contribution in [3.63, 3.8) is 0 Å². The van der Waals surface area contributed by atoms with Gasteiger partial charge < -0.3 is 10.1 Å². The lowest BCUT2D eigenvalue weighted by Crippen LogP contribution is -2.20. The molecule has 0 spiro atoms. The standard InChI is InChI=1S/C16H16INO2/c1-11-6-7-12(2)15(8-11)18-16(19)10-20-14-5-3-4-13(17)9-14/h3-9H,10H2,1-2H3,(H,18,19). The number of ether oxygens (including phenoxy) is 1. The second kappa shape index (κ2) is 6.74. The molecule has 104 valence electrons. The summed E-state index contributed by atoms with van der Waals surface area (Å²) in [4.78, 5) is 11.9. The van der Waals surface area contributed by atoms with Crippen LogP contribution in [0.3, 0.4) is 0 Å². The highest BCUT2D eigenvalue weighted by atomic mass is 127. The van der Waals surface area contributed by atoms with Crippen LogP contribution in [0.5, 0.6) is 5.75 Å². The van der Waals surface area contributed by atoms with Crippen LogP contribution in [0.4, 0.5) is 5.69 Å². The summed E-state index contributed by atoms with van der Waals surface area (Å²) in [6.07, 6.45) is 0. The van der Waals surface area contributed by atoms with Crippen molar-refractivity contribution in [2.75, 3.05) is 11.9 Å². The summed E-state index contributed by atoms with van der Waals surface area (Å²) in [6, 6.07) is 13.6. The van der Waals surface area contributed by atoms with Crippen molar-refractivity contribution in [2.45, 2.75) is 13.8 Å². The first-order valence-electron chi connectivity index (χ1n) is 6.30. The van der Waals surface area contributed by atoms with Crippen LogP contribution < -0.4 is 10.1 Å². The maximum Gasteiger partial charge on any atom is 0.262 e. The molecular formula is C16H16INO2. The van der Waals surface area contributed by atoms with Crippen LogP contribution in [0.1, 0.15) is 11.1 Å². The monoisotopic (exact) mass is 381 g/mol. The number of halogens is 1. The van der Waals surface area contributed by atoms with Crippen molar-refractivity contribution in [1.82, 2.24) is 0 Å². The highest BCUT2D eigenvalue weighted by Crippen LogP contribution is 2.17. The zero-order valence-corrected chi connectivity index (χ0v) is 13.6. The van der Waals surface area contributed by atoms with Crippen LogP contribution in [-0.2, 0) is 4.79 Å². The molecule has 0 saturated carbocycles. The second-order valence-corrected chi connectivity index (χ2v) is 5.86. The Morgan fingerprint density at radius 3 is 2.75 bits per heavy atom. The van der Waals surface area contributed by atoms with E-state index in [1.807, 2.05) is 56.3 Å². The lowest BCUT2D eigenvalue weighted by Gasteiger charge is -2.10. The molecule has 0 heterocycles. The summed E-state index contributed by atoms with van der Waals surface area (Å²) in [6.45, 7) is 3.97. The van der Waals surface area contributed by atoms with Gasteiger partial charge in [0.1, 0.15) is 5.75 Å². The van der Waals surface area contributed by atoms with E-state index in [-0.39, 0.29) is 12.5 Å². The Morgan fingerprint density at radius 2 is 2.00 bits per heavy atom. The molecule has 0 unspecified atom stereocenters. The van der Waals surface area contributed by atoms with Gasteiger partial charge in [0.05, 0.1) is 0 Å². The van der Waals surface area contributed by atoms with Gasteiger partial charge in [0.15, 0.2) is 6.61 Å². The van der Waals surface area contributed by atoms with Gasteiger partial charge in [-0.15, -0.1) is 0 Å². The van der Waals surface area contributed by atoms with Crippen molar-refractivity contribution in [3.05, 3.63) is 57.2 Å². The Morgan fingerprint density at radius 1 is 1.20 bits per heavy atom. The van der Waals surface area contributed by atoms with E-state index in [9.17, 15) is 4.79 Å². The quantitative estimate of drug-likeness (QED) is 0.816. The van der Waals surface area contributed by atoms with Gasteiger partial charge in [-0.25, -0.2) is 0 Å². The third-order valence-corrected chi connectivity index (χ3v) is 3.50. The number of carbonyl (C=O) groups is 1. The summed E-state index contributed by atoms with van der Waals surface area (Å²) < 4.78 is 6.55. The topological polar surface area (TPSA) is 38.3 Å². The zero-order valence-electron chi connectivity index (χ0n) is 11.4. The van der Waals surface area contributed by atoms with Gasteiger partial charge in [0.25, 0.3) is 5.91 Å². The molecule has 1 N–H and O–H groups in total. The van der Waals surface area contributed by atoms with Crippen LogP contribution >= 0.6 is 22.6 Å². The Bertz CT molecular complexity index is 626. The minimum atomic E-state index is -0.155. The summed E-state index contributed by atoms with van der Waals surface area (Å²) in [5.74, 6) is 0.547. The van der Waals surface area contributed by atoms with E-state index in [4.69, 9.17) is 4.74 Å². The maximum absolute atomic E-state index is 11.9. The summed E-state index contributed by atoms with van der Waals surface area (Å²) in [7, 11) is 0. The van der Waals surface area contributed by atoms with E-state index in [2.05, 4.69) is 27.9 Å². The maximum atomic E-state index is 11.9. The van der Waals surface area contributed by atoms with Crippen LogP contribution in [0, 0.1) is 17.4 Å². The average Bonchev–Trinajstić information content (AvgIpc) is 2.41. The molecule has 0 radical (unpaired) electrons. The van der Waals surface area contributed by atoms with Crippen LogP contribution in [0.15, 0.2) is 42.5 Å². The number of benzene rings is 2. The van der Waals surface area contributed by atoms with E-state index >= 15 is 0 Å². The van der Waals surface area contributed by atoms with E-state index in [0.717, 1.165) is 20.4 Å². The van der Waals surface area contributed by atoms with Crippen molar-refractivity contribution >= 4 is 34.2 Å². The van der Waals surface area contributed by atoms with Crippen molar-refractivity contribution < 1.29 is 9.53 Å². The third-order valence-electron chi connectivity index (χ3n) is 2.83. The number of anilines is 1. The molecular weight excluding hydrogens is 365 g/mol. The van der Waals surface area contributed by atoms with Crippen molar-refractivity contribution in [2.24, 2.45) is 0 Å². The molecule has 0 saturated heterocycles. The summed E-state index contributed by atoms with van der Waals surface area (Å²) in [5, 5.41) is 2.87. The Balaban J connectivity index is 1.94. The molecule has 0 aliphatic rings. The third kappa shape index (κ3) is 4.23. The van der Waals surface area contributed by atoms with Crippen molar-refractivity contribution in [3.8, 4) is 5.75 Å². The molecule has 2 rings (SSSR count). The Labute approximate surface area is 132 Å². The molecule has 0 aromatic heterocycles. The fraction of sp³-hybridized carbons (Fsp3) is 0.188. The molecule has 0 atom stereocenters. The Hall–Kier alpha value is -1.56. The predicted octanol–water partition coefficient (Wildman–Crippen LogP) is 3.93. The number of hydrogen-bond donors (Lipinski definition) is 1. The second-order valence-electron chi connectivity index (χ2n) is 4.61. The van der Waals surface area contributed by atoms with E-state index in [0.29, 0.717) is 5.75 Å². The van der Waals surface area contributed by atoms with Gasteiger partial charge in [0.2, 0.25) is 0 Å². The molecule has 0 aliphatic heterocycles. The first-order valence-corrected chi connectivity index (χ1v) is 7.38. The van der Waals surface area contributed by atoms with E-state index in [1.54, 1.807) is 0 Å². The summed E-state index contributed by atoms with van der Waals surface area (Å²) >= 11 is 2.21. The fourth-order valence-corrected chi connectivity index (χ4v) is 2.28. The molecule has 2 aromatic rings. The number of nitrogens with one attached hydrogen (secondary N) is 1. The molecule has 0 bridgehead atoms. The van der Waals surface area contributed by atoms with E-state index in [1.165, 1.54) is 0 Å². The molecule has 2 aromatic carbocycles. The molecule has 4 heteroatoms. The number of carbonyl (C=O) groups excluding carboxylic acids is 1. The van der Waals surface area contributed by atoms with Gasteiger partial charge in [0, 0.05) is 9.26 Å². The predicted molar refractivity (Wildman–Crippen MR) is 89.2 cm³/mol. The van der Waals surface area contributed by atoms with Gasteiger partial charge >= 0.3 is 0 Å². The number of amides is 1. The Kier molecular flexibility index (Phi) is 5.00. The first kappa shape index (κ1) is 14.8. The lowest BCUT2D eigenvalue weighted by molar-refractivity contribution is -0.118. The zero-order chi connectivity index (χ0) is 14.5. The first-order chi connectivity index (χ1) is 9.54. The fourth-order valence-electron chi connectivity index (χ4n) is 1.76. The summed E-state index contributed by atoms with van der Waals surface area (Å²) in [5.41, 5.74) is 2.99. The molecule has 0 fully saturated rings. The minimum Gasteiger partial charge on any atom is -0.484 e. The highest BCUT2D eigenvalue weighted by molar-refractivity contribution is 14.1. The van der Waals surface area contributed by atoms with Crippen LogP contribution in [-0.4, -0.2) is 12.5 Å². The van der Waals surface area contributed by atoms with Gasteiger partial charge in [-0.1, -0.05) is 18.2 Å². The molecule has 20 heavy (non-hydrogen) atoms. The molecule has 0 aliphatic carbocycles. The minimum absolute atomic E-state index is 0.00742.